The molecule has 146 valence electrons. The number of aromatic nitrogens is 1. The summed E-state index contributed by atoms with van der Waals surface area (Å²) in [6.07, 6.45) is 2.02. The van der Waals surface area contributed by atoms with Crippen LogP contribution < -0.4 is 5.32 Å². The fourth-order valence-corrected chi connectivity index (χ4v) is 2.71. The van der Waals surface area contributed by atoms with Crippen LogP contribution in [-0.2, 0) is 16.6 Å². The molecule has 0 radical (unpaired) electrons. The highest BCUT2D eigenvalue weighted by molar-refractivity contribution is 5.92. The van der Waals surface area contributed by atoms with E-state index < -0.39 is 0 Å². The van der Waals surface area contributed by atoms with Crippen molar-refractivity contribution in [3.8, 4) is 17.1 Å². The fraction of sp³-hybridized carbons (Fsp3) is 0.273. The van der Waals surface area contributed by atoms with E-state index in [4.69, 9.17) is 4.42 Å². The van der Waals surface area contributed by atoms with Gasteiger partial charge in [0.15, 0.2) is 11.7 Å². The van der Waals surface area contributed by atoms with E-state index in [1.54, 1.807) is 30.5 Å². The summed E-state index contributed by atoms with van der Waals surface area (Å²) in [6, 6.07) is 11.1. The van der Waals surface area contributed by atoms with Crippen molar-refractivity contribution in [1.82, 2.24) is 4.98 Å². The summed E-state index contributed by atoms with van der Waals surface area (Å²) in [7, 11) is 0. The third-order valence-electron chi connectivity index (χ3n) is 4.38. The van der Waals surface area contributed by atoms with Crippen molar-refractivity contribution in [1.29, 1.82) is 0 Å². The van der Waals surface area contributed by atoms with Gasteiger partial charge in [0.05, 0.1) is 11.9 Å². The molecular formula is C22H23FN2O3. The molecule has 1 amide bonds. The summed E-state index contributed by atoms with van der Waals surface area (Å²) >= 11 is 0. The first-order valence-corrected chi connectivity index (χ1v) is 9.06. The van der Waals surface area contributed by atoms with E-state index >= 15 is 0 Å². The Kier molecular flexibility index (Phi) is 5.49. The number of phenols is 1. The van der Waals surface area contributed by atoms with Crippen LogP contribution in [0.15, 0.2) is 53.1 Å². The summed E-state index contributed by atoms with van der Waals surface area (Å²) < 4.78 is 18.6. The Morgan fingerprint density at radius 1 is 1.18 bits per heavy atom. The van der Waals surface area contributed by atoms with Crippen LogP contribution in [-0.4, -0.2) is 16.0 Å². The predicted octanol–water partition coefficient (Wildman–Crippen LogP) is 5.06. The number of nitrogens with zero attached hydrogens (tertiary/aromatic N) is 1. The van der Waals surface area contributed by atoms with Gasteiger partial charge in [0, 0.05) is 18.4 Å². The molecule has 1 heterocycles. The van der Waals surface area contributed by atoms with Crippen molar-refractivity contribution >= 4 is 11.6 Å². The molecule has 0 aliphatic rings. The van der Waals surface area contributed by atoms with Crippen LogP contribution in [0.2, 0.25) is 0 Å². The highest BCUT2D eigenvalue weighted by atomic mass is 19.1. The number of carbonyl (C=O) groups is 1. The van der Waals surface area contributed by atoms with Gasteiger partial charge in [0.2, 0.25) is 5.91 Å². The number of rotatable bonds is 5. The summed E-state index contributed by atoms with van der Waals surface area (Å²) in [5.41, 5.74) is 2.02. The predicted molar refractivity (Wildman–Crippen MR) is 106 cm³/mol. The Morgan fingerprint density at radius 3 is 2.57 bits per heavy atom. The highest BCUT2D eigenvalue weighted by Gasteiger charge is 2.17. The molecule has 0 spiro atoms. The second kappa shape index (κ2) is 7.84. The number of aryl methyl sites for hydroxylation is 1. The standard InChI is InChI=1S/C22H23FN2O3/c1-22(2,3)15-6-9-18(26)17(12-15)25-20(27)10-11-21-24-13-19(28-21)14-4-7-16(23)8-5-14/h4-9,12-13,26H,10-11H2,1-3H3,(H,25,27). The van der Waals surface area contributed by atoms with Gasteiger partial charge in [-0.05, 0) is 47.4 Å². The van der Waals surface area contributed by atoms with Crippen molar-refractivity contribution in [2.24, 2.45) is 0 Å². The number of amides is 1. The maximum atomic E-state index is 13.0. The minimum atomic E-state index is -0.320. The molecule has 0 fully saturated rings. The first-order valence-electron chi connectivity index (χ1n) is 9.06. The van der Waals surface area contributed by atoms with Crippen molar-refractivity contribution in [3.63, 3.8) is 0 Å². The first kappa shape index (κ1) is 19.6. The van der Waals surface area contributed by atoms with Crippen molar-refractivity contribution in [2.45, 2.75) is 39.0 Å². The number of carbonyl (C=O) groups excluding carboxylic acids is 1. The van der Waals surface area contributed by atoms with E-state index in [1.165, 1.54) is 12.1 Å². The maximum absolute atomic E-state index is 13.0. The molecule has 6 heteroatoms. The van der Waals surface area contributed by atoms with Crippen molar-refractivity contribution in [3.05, 3.63) is 65.9 Å². The molecule has 3 aromatic rings. The quantitative estimate of drug-likeness (QED) is 0.605. The topological polar surface area (TPSA) is 75.4 Å². The average Bonchev–Trinajstić information content (AvgIpc) is 3.10. The first-order chi connectivity index (χ1) is 13.2. The number of phenolic OH excluding ortho intramolecular Hbond substituents is 1. The number of benzene rings is 2. The molecule has 0 bridgehead atoms. The minimum Gasteiger partial charge on any atom is -0.506 e. The van der Waals surface area contributed by atoms with Gasteiger partial charge in [0.25, 0.3) is 0 Å². The normalized spacial score (nSPS) is 11.4. The van der Waals surface area contributed by atoms with E-state index in [0.29, 0.717) is 29.3 Å². The second-order valence-corrected chi connectivity index (χ2v) is 7.66. The number of halogens is 1. The van der Waals surface area contributed by atoms with Gasteiger partial charge in [-0.25, -0.2) is 9.37 Å². The Bertz CT molecular complexity index is 972. The Hall–Kier alpha value is -3.15. The molecule has 0 atom stereocenters. The molecule has 5 nitrogen and oxygen atoms in total. The summed E-state index contributed by atoms with van der Waals surface area (Å²) in [5, 5.41) is 12.7. The van der Waals surface area contributed by atoms with Crippen LogP contribution in [0, 0.1) is 5.82 Å². The van der Waals surface area contributed by atoms with E-state index in [0.717, 1.165) is 5.56 Å². The number of nitrogens with one attached hydrogen (secondary N) is 1. The number of hydrogen-bond acceptors (Lipinski definition) is 4. The largest absolute Gasteiger partial charge is 0.506 e. The Labute approximate surface area is 163 Å². The second-order valence-electron chi connectivity index (χ2n) is 7.66. The summed E-state index contributed by atoms with van der Waals surface area (Å²) in [6.45, 7) is 6.19. The van der Waals surface area contributed by atoms with E-state index in [9.17, 15) is 14.3 Å². The number of hydrogen-bond donors (Lipinski definition) is 2. The number of oxazole rings is 1. The van der Waals surface area contributed by atoms with Crippen LogP contribution in [0.3, 0.4) is 0 Å². The van der Waals surface area contributed by atoms with Crippen molar-refractivity contribution < 1.29 is 18.7 Å². The van der Waals surface area contributed by atoms with Crippen LogP contribution in [0.5, 0.6) is 5.75 Å². The van der Waals surface area contributed by atoms with Gasteiger partial charge in [-0.2, -0.15) is 0 Å². The lowest BCUT2D eigenvalue weighted by molar-refractivity contribution is -0.116. The molecule has 3 rings (SSSR count). The third-order valence-corrected chi connectivity index (χ3v) is 4.38. The smallest absolute Gasteiger partial charge is 0.224 e. The van der Waals surface area contributed by atoms with Gasteiger partial charge in [-0.15, -0.1) is 0 Å². The van der Waals surface area contributed by atoms with E-state index in [1.807, 2.05) is 6.07 Å². The molecule has 0 saturated carbocycles. The lowest BCUT2D eigenvalue weighted by atomic mass is 9.87. The van der Waals surface area contributed by atoms with E-state index in [2.05, 4.69) is 31.1 Å². The van der Waals surface area contributed by atoms with Gasteiger partial charge in [-0.1, -0.05) is 26.8 Å². The molecule has 2 N–H and O–H groups in total. The van der Waals surface area contributed by atoms with Gasteiger partial charge in [0.1, 0.15) is 11.6 Å². The lowest BCUT2D eigenvalue weighted by Crippen LogP contribution is -2.15. The minimum absolute atomic E-state index is 0.0241. The monoisotopic (exact) mass is 382 g/mol. The molecule has 28 heavy (non-hydrogen) atoms. The third kappa shape index (κ3) is 4.76. The zero-order valence-corrected chi connectivity index (χ0v) is 16.1. The lowest BCUT2D eigenvalue weighted by Gasteiger charge is -2.20. The van der Waals surface area contributed by atoms with Gasteiger partial charge < -0.3 is 14.8 Å². The van der Waals surface area contributed by atoms with Crippen LogP contribution in [0.25, 0.3) is 11.3 Å². The van der Waals surface area contributed by atoms with Gasteiger partial charge in [-0.3, -0.25) is 4.79 Å². The van der Waals surface area contributed by atoms with Crippen LogP contribution in [0.1, 0.15) is 38.6 Å². The van der Waals surface area contributed by atoms with Gasteiger partial charge >= 0.3 is 0 Å². The number of anilines is 1. The van der Waals surface area contributed by atoms with E-state index in [-0.39, 0.29) is 29.3 Å². The Morgan fingerprint density at radius 2 is 1.89 bits per heavy atom. The highest BCUT2D eigenvalue weighted by Crippen LogP contribution is 2.31. The molecule has 1 aromatic heterocycles. The molecule has 2 aromatic carbocycles. The molecule has 0 unspecified atom stereocenters. The maximum Gasteiger partial charge on any atom is 0.224 e. The fourth-order valence-electron chi connectivity index (χ4n) is 2.71. The summed E-state index contributed by atoms with van der Waals surface area (Å²) in [4.78, 5) is 16.4. The molecule has 0 aliphatic carbocycles. The zero-order chi connectivity index (χ0) is 20.3. The van der Waals surface area contributed by atoms with Crippen LogP contribution >= 0.6 is 0 Å². The average molecular weight is 382 g/mol. The molecular weight excluding hydrogens is 359 g/mol. The van der Waals surface area contributed by atoms with Crippen molar-refractivity contribution in [2.75, 3.05) is 5.32 Å². The molecule has 0 saturated heterocycles. The zero-order valence-electron chi connectivity index (χ0n) is 16.1. The Balaban J connectivity index is 1.61. The number of aromatic hydroxyl groups is 1. The summed E-state index contributed by atoms with van der Waals surface area (Å²) in [5.74, 6) is 0.394. The van der Waals surface area contributed by atoms with Crippen LogP contribution in [0.4, 0.5) is 10.1 Å². The molecule has 0 aliphatic heterocycles. The SMILES string of the molecule is CC(C)(C)c1ccc(O)c(NC(=O)CCc2ncc(-c3ccc(F)cc3)o2)c1.